The first-order valence-electron chi connectivity index (χ1n) is 5.75. The van der Waals surface area contributed by atoms with Gasteiger partial charge in [0, 0.05) is 11.5 Å². The first-order valence-corrected chi connectivity index (χ1v) is 5.75. The quantitative estimate of drug-likeness (QED) is 0.710. The minimum absolute atomic E-state index is 0.0535. The number of benzene rings is 1. The number of carbonyl (C=O) groups excluding carboxylic acids is 1. The zero-order valence-electron chi connectivity index (χ0n) is 10.5. The third-order valence-electron chi connectivity index (χ3n) is 2.35. The number of Topliss-reactive ketones (excluding diaryl/α,β-unsaturated/α-hetero) is 1. The Bertz CT molecular complexity index is 336. The molecule has 2 nitrogen and oxygen atoms in total. The maximum absolute atomic E-state index is 11.7. The highest BCUT2D eigenvalue weighted by Gasteiger charge is 2.09. The Morgan fingerprint density at radius 1 is 1.12 bits per heavy atom. The monoisotopic (exact) mass is 220 g/mol. The molecular formula is C14H20O2. The standard InChI is InChI=1S/C14H20O2/c1-10(2)14(15)13-7-5-12(6-8-13)9-16-11(3)4/h5-8,10-11H,9H2,1-4H3. The lowest BCUT2D eigenvalue weighted by Gasteiger charge is -2.08. The minimum atomic E-state index is 0.0535. The summed E-state index contributed by atoms with van der Waals surface area (Å²) in [5, 5.41) is 0. The van der Waals surface area contributed by atoms with Crippen LogP contribution in [0.5, 0.6) is 0 Å². The van der Waals surface area contributed by atoms with Crippen molar-refractivity contribution in [3.05, 3.63) is 35.4 Å². The van der Waals surface area contributed by atoms with Crippen LogP contribution in [0.1, 0.15) is 43.6 Å². The molecule has 16 heavy (non-hydrogen) atoms. The average molecular weight is 220 g/mol. The number of hydrogen-bond donors (Lipinski definition) is 0. The largest absolute Gasteiger partial charge is 0.374 e. The van der Waals surface area contributed by atoms with Gasteiger partial charge in [0.2, 0.25) is 0 Å². The summed E-state index contributed by atoms with van der Waals surface area (Å²) in [5.74, 6) is 0.245. The van der Waals surface area contributed by atoms with Crippen LogP contribution in [0.15, 0.2) is 24.3 Å². The Kier molecular flexibility index (Phi) is 4.69. The van der Waals surface area contributed by atoms with E-state index < -0.39 is 0 Å². The summed E-state index contributed by atoms with van der Waals surface area (Å²) in [7, 11) is 0. The minimum Gasteiger partial charge on any atom is -0.374 e. The topological polar surface area (TPSA) is 26.3 Å². The van der Waals surface area contributed by atoms with Crippen LogP contribution in [0.25, 0.3) is 0 Å². The van der Waals surface area contributed by atoms with E-state index in [2.05, 4.69) is 0 Å². The van der Waals surface area contributed by atoms with E-state index in [1.54, 1.807) is 0 Å². The van der Waals surface area contributed by atoms with Crippen molar-refractivity contribution in [2.45, 2.75) is 40.4 Å². The van der Waals surface area contributed by atoms with Gasteiger partial charge < -0.3 is 4.74 Å². The highest BCUT2D eigenvalue weighted by atomic mass is 16.5. The molecule has 88 valence electrons. The van der Waals surface area contributed by atoms with Crippen LogP contribution in [0.3, 0.4) is 0 Å². The van der Waals surface area contributed by atoms with Gasteiger partial charge in [0.05, 0.1) is 12.7 Å². The van der Waals surface area contributed by atoms with Crippen LogP contribution in [0, 0.1) is 5.92 Å². The number of rotatable bonds is 5. The van der Waals surface area contributed by atoms with Crippen LogP contribution < -0.4 is 0 Å². The van der Waals surface area contributed by atoms with Gasteiger partial charge in [-0.15, -0.1) is 0 Å². The molecule has 0 fully saturated rings. The van der Waals surface area contributed by atoms with Crippen LogP contribution in [0.2, 0.25) is 0 Å². The van der Waals surface area contributed by atoms with Gasteiger partial charge in [0.15, 0.2) is 5.78 Å². The van der Waals surface area contributed by atoms with Crippen molar-refractivity contribution < 1.29 is 9.53 Å². The van der Waals surface area contributed by atoms with E-state index >= 15 is 0 Å². The van der Waals surface area contributed by atoms with Gasteiger partial charge in [-0.2, -0.15) is 0 Å². The number of ketones is 1. The summed E-state index contributed by atoms with van der Waals surface area (Å²) in [6.45, 7) is 8.46. The van der Waals surface area contributed by atoms with Gasteiger partial charge in [0.1, 0.15) is 0 Å². The van der Waals surface area contributed by atoms with Gasteiger partial charge in [-0.05, 0) is 19.4 Å². The molecule has 0 saturated carbocycles. The first kappa shape index (κ1) is 12.9. The molecule has 0 amide bonds. The molecule has 0 heterocycles. The normalized spacial score (nSPS) is 11.1. The molecule has 0 unspecified atom stereocenters. The lowest BCUT2D eigenvalue weighted by atomic mass is 10.0. The molecule has 0 saturated heterocycles. The molecule has 0 spiro atoms. The van der Waals surface area contributed by atoms with Crippen LogP contribution in [-0.2, 0) is 11.3 Å². The van der Waals surface area contributed by atoms with Gasteiger partial charge in [-0.25, -0.2) is 0 Å². The zero-order valence-corrected chi connectivity index (χ0v) is 10.5. The van der Waals surface area contributed by atoms with E-state index in [4.69, 9.17) is 4.74 Å². The molecule has 1 aromatic rings. The van der Waals surface area contributed by atoms with Crippen molar-refractivity contribution in [1.29, 1.82) is 0 Å². The molecular weight excluding hydrogens is 200 g/mol. The van der Waals surface area contributed by atoms with Crippen molar-refractivity contribution >= 4 is 5.78 Å². The van der Waals surface area contributed by atoms with E-state index in [9.17, 15) is 4.79 Å². The van der Waals surface area contributed by atoms with E-state index in [-0.39, 0.29) is 17.8 Å². The molecule has 0 bridgehead atoms. The predicted octanol–water partition coefficient (Wildman–Crippen LogP) is 3.45. The van der Waals surface area contributed by atoms with E-state index in [1.807, 2.05) is 52.0 Å². The van der Waals surface area contributed by atoms with E-state index in [0.29, 0.717) is 6.61 Å². The molecule has 1 rings (SSSR count). The third kappa shape index (κ3) is 3.78. The highest BCUT2D eigenvalue weighted by molar-refractivity contribution is 5.97. The van der Waals surface area contributed by atoms with Gasteiger partial charge in [0.25, 0.3) is 0 Å². The molecule has 0 radical (unpaired) electrons. The summed E-state index contributed by atoms with van der Waals surface area (Å²) >= 11 is 0. The van der Waals surface area contributed by atoms with Crippen LogP contribution >= 0.6 is 0 Å². The SMILES string of the molecule is CC(C)OCc1ccc(C(=O)C(C)C)cc1. The van der Waals surface area contributed by atoms with Crippen molar-refractivity contribution in [2.24, 2.45) is 5.92 Å². The fourth-order valence-corrected chi connectivity index (χ4v) is 1.36. The summed E-state index contributed by atoms with van der Waals surface area (Å²) in [6, 6.07) is 7.67. The molecule has 0 aliphatic carbocycles. The van der Waals surface area contributed by atoms with Crippen LogP contribution in [-0.4, -0.2) is 11.9 Å². The van der Waals surface area contributed by atoms with Crippen LogP contribution in [0.4, 0.5) is 0 Å². The highest BCUT2D eigenvalue weighted by Crippen LogP contribution is 2.11. The zero-order chi connectivity index (χ0) is 12.1. The van der Waals surface area contributed by atoms with Gasteiger partial charge >= 0.3 is 0 Å². The summed E-state index contributed by atoms with van der Waals surface area (Å²) in [5.41, 5.74) is 1.89. The Morgan fingerprint density at radius 3 is 2.12 bits per heavy atom. The molecule has 1 aromatic carbocycles. The average Bonchev–Trinajstić information content (AvgIpc) is 2.26. The second-order valence-corrected chi connectivity index (χ2v) is 4.58. The molecule has 0 atom stereocenters. The lowest BCUT2D eigenvalue weighted by molar-refractivity contribution is 0.0657. The Labute approximate surface area is 97.6 Å². The Balaban J connectivity index is 2.64. The molecule has 0 aliphatic heterocycles. The number of ether oxygens (including phenoxy) is 1. The first-order chi connectivity index (χ1) is 7.50. The number of hydrogen-bond acceptors (Lipinski definition) is 2. The number of carbonyl (C=O) groups is 1. The molecule has 0 aliphatic rings. The maximum Gasteiger partial charge on any atom is 0.165 e. The summed E-state index contributed by atoms with van der Waals surface area (Å²) < 4.78 is 5.49. The fraction of sp³-hybridized carbons (Fsp3) is 0.500. The molecule has 0 N–H and O–H groups in total. The smallest absolute Gasteiger partial charge is 0.165 e. The van der Waals surface area contributed by atoms with E-state index in [1.165, 1.54) is 0 Å². The molecule has 2 heteroatoms. The lowest BCUT2D eigenvalue weighted by Crippen LogP contribution is -2.07. The summed E-state index contributed by atoms with van der Waals surface area (Å²) in [6.07, 6.45) is 0.233. The van der Waals surface area contributed by atoms with Gasteiger partial charge in [-0.3, -0.25) is 4.79 Å². The van der Waals surface area contributed by atoms with E-state index in [0.717, 1.165) is 11.1 Å². The third-order valence-corrected chi connectivity index (χ3v) is 2.35. The van der Waals surface area contributed by atoms with Crippen molar-refractivity contribution in [3.63, 3.8) is 0 Å². The van der Waals surface area contributed by atoms with Gasteiger partial charge in [-0.1, -0.05) is 38.1 Å². The van der Waals surface area contributed by atoms with Crippen molar-refractivity contribution in [3.8, 4) is 0 Å². The van der Waals surface area contributed by atoms with Crippen molar-refractivity contribution in [2.75, 3.05) is 0 Å². The Hall–Kier alpha value is -1.15. The fourth-order valence-electron chi connectivity index (χ4n) is 1.36. The van der Waals surface area contributed by atoms with Crippen molar-refractivity contribution in [1.82, 2.24) is 0 Å². The maximum atomic E-state index is 11.7. The Morgan fingerprint density at radius 2 is 1.69 bits per heavy atom. The molecule has 0 aromatic heterocycles. The predicted molar refractivity (Wildman–Crippen MR) is 65.5 cm³/mol. The summed E-state index contributed by atoms with van der Waals surface area (Å²) in [4.78, 5) is 11.7. The second kappa shape index (κ2) is 5.80. The second-order valence-electron chi connectivity index (χ2n) is 4.58.